The molecule has 1 unspecified atom stereocenters. The summed E-state index contributed by atoms with van der Waals surface area (Å²) in [6, 6.07) is 14.3. The third-order valence-corrected chi connectivity index (χ3v) is 4.54. The Balaban J connectivity index is 1.59. The van der Waals surface area contributed by atoms with Crippen LogP contribution in [0, 0.1) is 0 Å². The number of hydrogen-bond acceptors (Lipinski definition) is 3. The van der Waals surface area contributed by atoms with E-state index in [0.717, 1.165) is 31.6 Å². The second-order valence-corrected chi connectivity index (χ2v) is 6.40. The molecule has 1 amide bonds. The normalized spacial score (nSPS) is 16.0. The maximum absolute atomic E-state index is 12.4. The maximum atomic E-state index is 12.4. The van der Waals surface area contributed by atoms with Crippen molar-refractivity contribution in [3.8, 4) is 0 Å². The van der Waals surface area contributed by atoms with Crippen molar-refractivity contribution in [2.75, 3.05) is 19.6 Å². The Labute approximate surface area is 143 Å². The Bertz CT molecular complexity index is 624. The van der Waals surface area contributed by atoms with Gasteiger partial charge in [0.25, 0.3) is 0 Å². The molecule has 0 spiro atoms. The lowest BCUT2D eigenvalue weighted by Crippen LogP contribution is -2.37. The lowest BCUT2D eigenvalue weighted by Gasteiger charge is -2.25. The largest absolute Gasteiger partial charge is 0.348 e. The third kappa shape index (κ3) is 4.90. The number of aromatic nitrogens is 1. The molecule has 4 nitrogen and oxygen atoms in total. The van der Waals surface area contributed by atoms with Crippen LogP contribution < -0.4 is 5.32 Å². The number of hydrogen-bond donors (Lipinski definition) is 1. The molecule has 0 bridgehead atoms. The van der Waals surface area contributed by atoms with Gasteiger partial charge in [0, 0.05) is 25.4 Å². The summed E-state index contributed by atoms with van der Waals surface area (Å²) in [5.74, 6) is 0.104. The molecule has 1 atom stereocenters. The lowest BCUT2D eigenvalue weighted by atomic mass is 10.1. The molecule has 1 aromatic heterocycles. The van der Waals surface area contributed by atoms with Crippen LogP contribution in [-0.4, -0.2) is 35.4 Å². The van der Waals surface area contributed by atoms with Gasteiger partial charge in [-0.05, 0) is 49.5 Å². The smallest absolute Gasteiger partial charge is 0.220 e. The Kier molecular flexibility index (Phi) is 5.96. The zero-order valence-electron chi connectivity index (χ0n) is 14.0. The molecular formula is C20H25N3O. The standard InChI is InChI=1S/C20H25N3O/c24-20(11-10-17-7-6-12-21-15-17)22-19(16-23-13-4-5-14-23)18-8-2-1-3-9-18/h1-3,6-9,12,15,19H,4-5,10-11,13-14,16H2,(H,22,24). The van der Waals surface area contributed by atoms with Gasteiger partial charge in [-0.3, -0.25) is 9.78 Å². The fourth-order valence-electron chi connectivity index (χ4n) is 3.21. The first-order valence-corrected chi connectivity index (χ1v) is 8.77. The topological polar surface area (TPSA) is 45.2 Å². The molecule has 0 radical (unpaired) electrons. The van der Waals surface area contributed by atoms with Crippen LogP contribution in [-0.2, 0) is 11.2 Å². The number of benzene rings is 1. The van der Waals surface area contributed by atoms with Crippen molar-refractivity contribution in [3.05, 3.63) is 66.0 Å². The zero-order valence-corrected chi connectivity index (χ0v) is 14.0. The fourth-order valence-corrected chi connectivity index (χ4v) is 3.21. The Morgan fingerprint density at radius 1 is 1.12 bits per heavy atom. The Hall–Kier alpha value is -2.20. The Morgan fingerprint density at radius 3 is 2.62 bits per heavy atom. The molecule has 2 aromatic rings. The van der Waals surface area contributed by atoms with E-state index < -0.39 is 0 Å². The van der Waals surface area contributed by atoms with Crippen molar-refractivity contribution in [1.29, 1.82) is 0 Å². The summed E-state index contributed by atoms with van der Waals surface area (Å²) in [6.07, 6.45) is 7.32. The van der Waals surface area contributed by atoms with Gasteiger partial charge in [-0.2, -0.15) is 0 Å². The van der Waals surface area contributed by atoms with Crippen LogP contribution in [0.4, 0.5) is 0 Å². The van der Waals surface area contributed by atoms with Crippen molar-refractivity contribution in [2.45, 2.75) is 31.7 Å². The van der Waals surface area contributed by atoms with Gasteiger partial charge >= 0.3 is 0 Å². The number of rotatable bonds is 7. The van der Waals surface area contributed by atoms with Crippen LogP contribution in [0.1, 0.15) is 36.4 Å². The highest BCUT2D eigenvalue weighted by atomic mass is 16.1. The number of amides is 1. The number of nitrogens with zero attached hydrogens (tertiary/aromatic N) is 2. The minimum Gasteiger partial charge on any atom is -0.348 e. The molecule has 126 valence electrons. The van der Waals surface area contributed by atoms with Gasteiger partial charge in [0.05, 0.1) is 6.04 Å². The number of carbonyl (C=O) groups excluding carboxylic acids is 1. The average Bonchev–Trinajstić information content (AvgIpc) is 3.14. The average molecular weight is 323 g/mol. The molecule has 0 aliphatic carbocycles. The second kappa shape index (κ2) is 8.60. The molecule has 1 saturated heterocycles. The maximum Gasteiger partial charge on any atom is 0.220 e. The van der Waals surface area contributed by atoms with Gasteiger partial charge in [-0.15, -0.1) is 0 Å². The summed E-state index contributed by atoms with van der Waals surface area (Å²) in [5, 5.41) is 3.23. The van der Waals surface area contributed by atoms with Gasteiger partial charge in [0.2, 0.25) is 5.91 Å². The number of nitrogens with one attached hydrogen (secondary N) is 1. The van der Waals surface area contributed by atoms with Crippen LogP contribution in [0.5, 0.6) is 0 Å². The quantitative estimate of drug-likeness (QED) is 0.852. The predicted octanol–water partition coefficient (Wildman–Crippen LogP) is 2.97. The molecule has 1 fully saturated rings. The molecule has 24 heavy (non-hydrogen) atoms. The summed E-state index contributed by atoms with van der Waals surface area (Å²) >= 11 is 0. The summed E-state index contributed by atoms with van der Waals surface area (Å²) < 4.78 is 0. The lowest BCUT2D eigenvalue weighted by molar-refractivity contribution is -0.121. The van der Waals surface area contributed by atoms with E-state index >= 15 is 0 Å². The zero-order chi connectivity index (χ0) is 16.6. The SMILES string of the molecule is O=C(CCc1cccnc1)NC(CN1CCCC1)c1ccccc1. The van der Waals surface area contributed by atoms with E-state index in [1.807, 2.05) is 36.5 Å². The van der Waals surface area contributed by atoms with Gasteiger partial charge in [-0.25, -0.2) is 0 Å². The predicted molar refractivity (Wildman–Crippen MR) is 95.6 cm³/mol. The minimum absolute atomic E-state index is 0.0608. The molecule has 2 heterocycles. The first-order chi connectivity index (χ1) is 11.8. The van der Waals surface area contributed by atoms with Gasteiger partial charge in [-0.1, -0.05) is 36.4 Å². The number of carbonyl (C=O) groups is 1. The molecule has 3 rings (SSSR count). The van der Waals surface area contributed by atoms with E-state index in [-0.39, 0.29) is 11.9 Å². The molecule has 1 aromatic carbocycles. The van der Waals surface area contributed by atoms with Crippen LogP contribution >= 0.6 is 0 Å². The van der Waals surface area contributed by atoms with Crippen LogP contribution in [0.25, 0.3) is 0 Å². The highest BCUT2D eigenvalue weighted by molar-refractivity contribution is 5.76. The summed E-state index contributed by atoms with van der Waals surface area (Å²) in [7, 11) is 0. The van der Waals surface area contributed by atoms with E-state index in [4.69, 9.17) is 0 Å². The molecule has 4 heteroatoms. The van der Waals surface area contributed by atoms with Crippen molar-refractivity contribution in [2.24, 2.45) is 0 Å². The number of pyridine rings is 1. The Morgan fingerprint density at radius 2 is 1.92 bits per heavy atom. The van der Waals surface area contributed by atoms with E-state index in [9.17, 15) is 4.79 Å². The van der Waals surface area contributed by atoms with E-state index in [1.165, 1.54) is 18.4 Å². The van der Waals surface area contributed by atoms with Crippen LogP contribution in [0.3, 0.4) is 0 Å². The number of aryl methyl sites for hydroxylation is 1. The molecule has 1 aliphatic heterocycles. The first-order valence-electron chi connectivity index (χ1n) is 8.77. The van der Waals surface area contributed by atoms with Crippen molar-refractivity contribution >= 4 is 5.91 Å². The van der Waals surface area contributed by atoms with E-state index in [1.54, 1.807) is 6.20 Å². The molecule has 0 saturated carbocycles. The third-order valence-electron chi connectivity index (χ3n) is 4.54. The van der Waals surface area contributed by atoms with Gasteiger partial charge in [0.1, 0.15) is 0 Å². The number of likely N-dealkylation sites (tertiary alicyclic amines) is 1. The second-order valence-electron chi connectivity index (χ2n) is 6.40. The summed E-state index contributed by atoms with van der Waals surface area (Å²) in [6.45, 7) is 3.16. The first kappa shape index (κ1) is 16.7. The van der Waals surface area contributed by atoms with E-state index in [0.29, 0.717) is 6.42 Å². The molecule has 1 aliphatic rings. The van der Waals surface area contributed by atoms with Crippen molar-refractivity contribution in [1.82, 2.24) is 15.2 Å². The fraction of sp³-hybridized carbons (Fsp3) is 0.400. The monoisotopic (exact) mass is 323 g/mol. The van der Waals surface area contributed by atoms with Crippen molar-refractivity contribution < 1.29 is 4.79 Å². The highest BCUT2D eigenvalue weighted by Crippen LogP contribution is 2.18. The van der Waals surface area contributed by atoms with Gasteiger partial charge < -0.3 is 10.2 Å². The van der Waals surface area contributed by atoms with E-state index in [2.05, 4.69) is 27.3 Å². The van der Waals surface area contributed by atoms with Crippen LogP contribution in [0.2, 0.25) is 0 Å². The van der Waals surface area contributed by atoms with Crippen molar-refractivity contribution in [3.63, 3.8) is 0 Å². The molecule has 1 N–H and O–H groups in total. The summed E-state index contributed by atoms with van der Waals surface area (Å²) in [4.78, 5) is 19.0. The molecular weight excluding hydrogens is 298 g/mol. The minimum atomic E-state index is 0.0608. The van der Waals surface area contributed by atoms with Gasteiger partial charge in [0.15, 0.2) is 0 Å². The highest BCUT2D eigenvalue weighted by Gasteiger charge is 2.20. The van der Waals surface area contributed by atoms with Crippen LogP contribution in [0.15, 0.2) is 54.9 Å². The summed E-state index contributed by atoms with van der Waals surface area (Å²) in [5.41, 5.74) is 2.28.